The van der Waals surface area contributed by atoms with Crippen molar-refractivity contribution in [2.45, 2.75) is 38.6 Å². The summed E-state index contributed by atoms with van der Waals surface area (Å²) in [5, 5.41) is 12.1. The van der Waals surface area contributed by atoms with Crippen LogP contribution in [-0.4, -0.2) is 6.04 Å². The number of halogens is 1. The Kier molecular flexibility index (Phi) is 3.63. The maximum absolute atomic E-state index is 13.2. The fraction of sp³-hybridized carbons (Fsp3) is 0.500. The molecule has 17 heavy (non-hydrogen) atoms. The topological polar surface area (TPSA) is 35.8 Å². The molecule has 1 fully saturated rings. The van der Waals surface area contributed by atoms with Crippen molar-refractivity contribution in [1.82, 2.24) is 0 Å². The van der Waals surface area contributed by atoms with Crippen molar-refractivity contribution in [3.8, 4) is 6.07 Å². The standard InChI is InChI=1S/C14H17FN2/c1-10(11-4-2-3-5-11)17-13-6-7-14(15)12(8-13)9-16/h6-8,10-11,17H,2-5H2,1H3. The van der Waals surface area contributed by atoms with Crippen molar-refractivity contribution < 1.29 is 4.39 Å². The summed E-state index contributed by atoms with van der Waals surface area (Å²) < 4.78 is 13.2. The lowest BCUT2D eigenvalue weighted by molar-refractivity contribution is 0.482. The molecular formula is C14H17FN2. The average molecular weight is 232 g/mol. The van der Waals surface area contributed by atoms with Gasteiger partial charge < -0.3 is 5.32 Å². The highest BCUT2D eigenvalue weighted by atomic mass is 19.1. The van der Waals surface area contributed by atoms with Crippen molar-refractivity contribution in [2.75, 3.05) is 5.32 Å². The molecule has 0 heterocycles. The number of anilines is 1. The summed E-state index contributed by atoms with van der Waals surface area (Å²) in [5.41, 5.74) is 0.941. The Hall–Kier alpha value is -1.56. The van der Waals surface area contributed by atoms with E-state index >= 15 is 0 Å². The van der Waals surface area contributed by atoms with Gasteiger partial charge in [0.15, 0.2) is 0 Å². The molecule has 1 unspecified atom stereocenters. The quantitative estimate of drug-likeness (QED) is 0.862. The van der Waals surface area contributed by atoms with Gasteiger partial charge in [-0.15, -0.1) is 0 Å². The molecule has 2 nitrogen and oxygen atoms in total. The second-order valence-corrected chi connectivity index (χ2v) is 4.78. The van der Waals surface area contributed by atoms with Crippen LogP contribution in [0.4, 0.5) is 10.1 Å². The third-order valence-electron chi connectivity index (χ3n) is 3.59. The van der Waals surface area contributed by atoms with E-state index in [9.17, 15) is 4.39 Å². The fourth-order valence-corrected chi connectivity index (χ4v) is 2.54. The molecule has 0 aromatic heterocycles. The van der Waals surface area contributed by atoms with Crippen molar-refractivity contribution in [3.63, 3.8) is 0 Å². The van der Waals surface area contributed by atoms with E-state index in [1.807, 2.05) is 6.07 Å². The summed E-state index contributed by atoms with van der Waals surface area (Å²) in [6.45, 7) is 2.16. The van der Waals surface area contributed by atoms with E-state index in [-0.39, 0.29) is 5.56 Å². The van der Waals surface area contributed by atoms with E-state index in [0.717, 1.165) is 5.69 Å². The van der Waals surface area contributed by atoms with E-state index in [0.29, 0.717) is 12.0 Å². The van der Waals surface area contributed by atoms with Crippen LogP contribution in [-0.2, 0) is 0 Å². The molecule has 0 amide bonds. The molecule has 1 aliphatic rings. The Balaban J connectivity index is 2.05. The zero-order valence-electron chi connectivity index (χ0n) is 10.0. The van der Waals surface area contributed by atoms with Crippen molar-refractivity contribution >= 4 is 5.69 Å². The van der Waals surface area contributed by atoms with Gasteiger partial charge in [-0.25, -0.2) is 4.39 Å². The Morgan fingerprint density at radius 3 is 2.76 bits per heavy atom. The van der Waals surface area contributed by atoms with E-state index in [2.05, 4.69) is 12.2 Å². The van der Waals surface area contributed by atoms with Crippen LogP contribution in [0.25, 0.3) is 0 Å². The predicted molar refractivity (Wildman–Crippen MR) is 66.2 cm³/mol. The molecular weight excluding hydrogens is 215 g/mol. The minimum Gasteiger partial charge on any atom is -0.382 e. The zero-order chi connectivity index (χ0) is 12.3. The Labute approximate surface area is 101 Å². The lowest BCUT2D eigenvalue weighted by Crippen LogP contribution is -2.23. The molecule has 0 spiro atoms. The van der Waals surface area contributed by atoms with Crippen molar-refractivity contribution in [1.29, 1.82) is 5.26 Å². The maximum Gasteiger partial charge on any atom is 0.141 e. The molecule has 0 bridgehead atoms. The first-order valence-corrected chi connectivity index (χ1v) is 6.17. The number of hydrogen-bond acceptors (Lipinski definition) is 2. The molecule has 90 valence electrons. The Morgan fingerprint density at radius 2 is 2.12 bits per heavy atom. The third-order valence-corrected chi connectivity index (χ3v) is 3.59. The monoisotopic (exact) mass is 232 g/mol. The smallest absolute Gasteiger partial charge is 0.141 e. The Bertz CT molecular complexity index is 430. The first-order valence-electron chi connectivity index (χ1n) is 6.17. The molecule has 0 aliphatic heterocycles. The van der Waals surface area contributed by atoms with Crippen molar-refractivity contribution in [3.05, 3.63) is 29.6 Å². The summed E-state index contributed by atoms with van der Waals surface area (Å²) in [7, 11) is 0. The fourth-order valence-electron chi connectivity index (χ4n) is 2.54. The van der Waals surface area contributed by atoms with E-state index < -0.39 is 5.82 Å². The highest BCUT2D eigenvalue weighted by molar-refractivity contribution is 5.50. The summed E-state index contributed by atoms with van der Waals surface area (Å²) in [5.74, 6) is 0.247. The van der Waals surface area contributed by atoms with Gasteiger partial charge in [-0.1, -0.05) is 12.8 Å². The number of rotatable bonds is 3. The highest BCUT2D eigenvalue weighted by Gasteiger charge is 2.21. The van der Waals surface area contributed by atoms with Crippen LogP contribution >= 0.6 is 0 Å². The van der Waals surface area contributed by atoms with Crippen LogP contribution in [0, 0.1) is 23.1 Å². The van der Waals surface area contributed by atoms with Gasteiger partial charge in [0.1, 0.15) is 11.9 Å². The van der Waals surface area contributed by atoms with Crippen LogP contribution < -0.4 is 5.32 Å². The van der Waals surface area contributed by atoms with E-state index in [4.69, 9.17) is 5.26 Å². The molecule has 1 aromatic carbocycles. The Morgan fingerprint density at radius 1 is 1.41 bits per heavy atom. The highest BCUT2D eigenvalue weighted by Crippen LogP contribution is 2.29. The van der Waals surface area contributed by atoms with Gasteiger partial charge in [0, 0.05) is 11.7 Å². The van der Waals surface area contributed by atoms with Gasteiger partial charge in [0.05, 0.1) is 5.56 Å². The number of nitrogens with one attached hydrogen (secondary N) is 1. The average Bonchev–Trinajstić information content (AvgIpc) is 2.85. The van der Waals surface area contributed by atoms with E-state index in [1.54, 1.807) is 12.1 Å². The normalized spacial score (nSPS) is 17.7. The second-order valence-electron chi connectivity index (χ2n) is 4.78. The largest absolute Gasteiger partial charge is 0.382 e. The van der Waals surface area contributed by atoms with Gasteiger partial charge in [-0.2, -0.15) is 5.26 Å². The predicted octanol–water partition coefficient (Wildman–Crippen LogP) is 3.69. The van der Waals surface area contributed by atoms with Crippen LogP contribution in [0.1, 0.15) is 38.2 Å². The first kappa shape index (κ1) is 11.9. The second kappa shape index (κ2) is 5.18. The summed E-state index contributed by atoms with van der Waals surface area (Å²) >= 11 is 0. The molecule has 1 aliphatic carbocycles. The summed E-state index contributed by atoms with van der Waals surface area (Å²) in [6.07, 6.45) is 5.15. The maximum atomic E-state index is 13.2. The number of benzene rings is 1. The van der Waals surface area contributed by atoms with Crippen molar-refractivity contribution in [2.24, 2.45) is 5.92 Å². The van der Waals surface area contributed by atoms with Gasteiger partial charge >= 0.3 is 0 Å². The third kappa shape index (κ3) is 2.76. The van der Waals surface area contributed by atoms with Gasteiger partial charge in [0.2, 0.25) is 0 Å². The molecule has 2 rings (SSSR count). The lowest BCUT2D eigenvalue weighted by atomic mass is 9.99. The minimum atomic E-state index is -0.452. The van der Waals surface area contributed by atoms with Gasteiger partial charge in [-0.3, -0.25) is 0 Å². The number of hydrogen-bond donors (Lipinski definition) is 1. The SMILES string of the molecule is CC(Nc1ccc(F)c(C#N)c1)C1CCCC1. The van der Waals surface area contributed by atoms with Crippen LogP contribution in [0.3, 0.4) is 0 Å². The molecule has 0 saturated heterocycles. The zero-order valence-corrected chi connectivity index (χ0v) is 10.0. The molecule has 1 N–H and O–H groups in total. The molecule has 0 radical (unpaired) electrons. The summed E-state index contributed by atoms with van der Waals surface area (Å²) in [6, 6.07) is 6.88. The van der Waals surface area contributed by atoms with Gasteiger partial charge in [0.25, 0.3) is 0 Å². The van der Waals surface area contributed by atoms with Gasteiger partial charge in [-0.05, 0) is 43.9 Å². The summed E-state index contributed by atoms with van der Waals surface area (Å²) in [4.78, 5) is 0. The molecule has 1 aromatic rings. The number of nitriles is 1. The molecule has 1 saturated carbocycles. The minimum absolute atomic E-state index is 0.105. The van der Waals surface area contributed by atoms with E-state index in [1.165, 1.54) is 31.7 Å². The lowest BCUT2D eigenvalue weighted by Gasteiger charge is -2.21. The molecule has 1 atom stereocenters. The van der Waals surface area contributed by atoms with Crippen LogP contribution in [0.5, 0.6) is 0 Å². The molecule has 3 heteroatoms. The van der Waals surface area contributed by atoms with Crippen LogP contribution in [0.15, 0.2) is 18.2 Å². The first-order chi connectivity index (χ1) is 8.20. The van der Waals surface area contributed by atoms with Crippen LogP contribution in [0.2, 0.25) is 0 Å². The number of nitrogens with zero attached hydrogens (tertiary/aromatic N) is 1.